The van der Waals surface area contributed by atoms with Crippen LogP contribution in [0.5, 0.6) is 0 Å². The molecule has 1 heterocycles. The van der Waals surface area contributed by atoms with E-state index in [0.717, 1.165) is 24.0 Å². The number of hydrogen-bond acceptors (Lipinski definition) is 4. The van der Waals surface area contributed by atoms with Gasteiger partial charge in [0.25, 0.3) is 5.91 Å². The Hall–Kier alpha value is -2.86. The first-order chi connectivity index (χ1) is 14.1. The molecule has 2 amide bonds. The third kappa shape index (κ3) is 5.15. The molecular weight excluding hydrogens is 390 g/mol. The Morgan fingerprint density at radius 1 is 1.10 bits per heavy atom. The van der Waals surface area contributed by atoms with Crippen LogP contribution in [0.2, 0.25) is 5.02 Å². The number of carbonyl (C=O) groups is 2. The van der Waals surface area contributed by atoms with Gasteiger partial charge in [0.2, 0.25) is 12.0 Å². The van der Waals surface area contributed by atoms with Crippen molar-refractivity contribution in [3.8, 4) is 0 Å². The van der Waals surface area contributed by atoms with Crippen molar-refractivity contribution in [1.29, 1.82) is 0 Å². The van der Waals surface area contributed by atoms with Gasteiger partial charge in [-0.15, -0.1) is 0 Å². The quantitative estimate of drug-likeness (QED) is 0.735. The SMILES string of the molecule is O=C(N[C@H](Cc1ccccc1)C(=O)NC1CC1)[C@@H]1CC(c2ccc(Cl)cc2)=NO1. The maximum Gasteiger partial charge on any atom is 0.265 e. The average molecular weight is 412 g/mol. The summed E-state index contributed by atoms with van der Waals surface area (Å²) in [6.45, 7) is 0. The fourth-order valence-corrected chi connectivity index (χ4v) is 3.31. The summed E-state index contributed by atoms with van der Waals surface area (Å²) in [5.41, 5.74) is 2.52. The highest BCUT2D eigenvalue weighted by molar-refractivity contribution is 6.30. The normalized spacial score (nSPS) is 19.1. The van der Waals surface area contributed by atoms with E-state index >= 15 is 0 Å². The van der Waals surface area contributed by atoms with Gasteiger partial charge in [-0.05, 0) is 36.1 Å². The molecule has 2 N–H and O–H groups in total. The van der Waals surface area contributed by atoms with Crippen LogP contribution < -0.4 is 10.6 Å². The summed E-state index contributed by atoms with van der Waals surface area (Å²) in [7, 11) is 0. The second-order valence-corrected chi connectivity index (χ2v) is 7.81. The summed E-state index contributed by atoms with van der Waals surface area (Å²) in [5, 5.41) is 10.5. The predicted molar refractivity (Wildman–Crippen MR) is 111 cm³/mol. The molecule has 1 fully saturated rings. The molecule has 0 radical (unpaired) electrons. The molecule has 0 aromatic heterocycles. The number of halogens is 1. The first kappa shape index (κ1) is 19.5. The number of benzene rings is 2. The van der Waals surface area contributed by atoms with Crippen LogP contribution in [-0.2, 0) is 20.8 Å². The molecule has 0 saturated heterocycles. The highest BCUT2D eigenvalue weighted by Gasteiger charge is 2.33. The lowest BCUT2D eigenvalue weighted by molar-refractivity contribution is -0.135. The van der Waals surface area contributed by atoms with E-state index in [4.69, 9.17) is 16.4 Å². The topological polar surface area (TPSA) is 79.8 Å². The highest BCUT2D eigenvalue weighted by atomic mass is 35.5. The van der Waals surface area contributed by atoms with Crippen molar-refractivity contribution in [2.75, 3.05) is 0 Å². The van der Waals surface area contributed by atoms with E-state index in [2.05, 4.69) is 15.8 Å². The van der Waals surface area contributed by atoms with Gasteiger partial charge >= 0.3 is 0 Å². The standard InChI is InChI=1S/C22H22ClN3O3/c23-16-8-6-15(7-9-16)18-13-20(29-26-18)22(28)25-19(21(27)24-17-10-11-17)12-14-4-2-1-3-5-14/h1-9,17,19-20H,10-13H2,(H,24,27)(H,25,28)/t19-,20+/m1/s1. The number of nitrogens with one attached hydrogen (secondary N) is 2. The minimum absolute atomic E-state index is 0.165. The maximum absolute atomic E-state index is 12.8. The van der Waals surface area contributed by atoms with Crippen molar-refractivity contribution in [3.63, 3.8) is 0 Å². The molecule has 150 valence electrons. The number of amides is 2. The van der Waals surface area contributed by atoms with Crippen LogP contribution in [0.25, 0.3) is 0 Å². The number of oxime groups is 1. The summed E-state index contributed by atoms with van der Waals surface area (Å²) in [4.78, 5) is 30.8. The van der Waals surface area contributed by atoms with Crippen LogP contribution in [0.1, 0.15) is 30.4 Å². The van der Waals surface area contributed by atoms with E-state index in [1.807, 2.05) is 42.5 Å². The summed E-state index contributed by atoms with van der Waals surface area (Å²) >= 11 is 5.92. The smallest absolute Gasteiger partial charge is 0.265 e. The third-order valence-electron chi connectivity index (χ3n) is 4.98. The first-order valence-corrected chi connectivity index (χ1v) is 10.1. The van der Waals surface area contributed by atoms with Crippen molar-refractivity contribution in [2.45, 2.75) is 43.9 Å². The van der Waals surface area contributed by atoms with Crippen molar-refractivity contribution in [2.24, 2.45) is 5.16 Å². The van der Waals surface area contributed by atoms with Gasteiger partial charge in [0.15, 0.2) is 0 Å². The van der Waals surface area contributed by atoms with Crippen LogP contribution in [0, 0.1) is 0 Å². The fraction of sp³-hybridized carbons (Fsp3) is 0.318. The lowest BCUT2D eigenvalue weighted by Crippen LogP contribution is -2.51. The molecule has 6 nitrogen and oxygen atoms in total. The van der Waals surface area contributed by atoms with Crippen LogP contribution in [-0.4, -0.2) is 35.7 Å². The molecule has 1 saturated carbocycles. The van der Waals surface area contributed by atoms with Gasteiger partial charge in [-0.2, -0.15) is 0 Å². The van der Waals surface area contributed by atoms with E-state index < -0.39 is 12.1 Å². The Labute approximate surface area is 174 Å². The van der Waals surface area contributed by atoms with Gasteiger partial charge < -0.3 is 15.5 Å². The van der Waals surface area contributed by atoms with Crippen molar-refractivity contribution < 1.29 is 14.4 Å². The Bertz CT molecular complexity index is 911. The molecule has 1 aliphatic carbocycles. The van der Waals surface area contributed by atoms with Gasteiger partial charge in [0, 0.05) is 23.9 Å². The van der Waals surface area contributed by atoms with E-state index in [9.17, 15) is 9.59 Å². The molecule has 4 rings (SSSR count). The molecule has 2 aromatic rings. The van der Waals surface area contributed by atoms with Crippen molar-refractivity contribution >= 4 is 29.1 Å². The van der Waals surface area contributed by atoms with Gasteiger partial charge in [0.05, 0.1) is 5.71 Å². The highest BCUT2D eigenvalue weighted by Crippen LogP contribution is 2.20. The number of carbonyl (C=O) groups excluding carboxylic acids is 2. The average Bonchev–Trinajstić information content (AvgIpc) is 3.40. The Morgan fingerprint density at radius 2 is 1.83 bits per heavy atom. The van der Waals surface area contributed by atoms with E-state index in [1.54, 1.807) is 12.1 Å². The summed E-state index contributed by atoms with van der Waals surface area (Å²) in [6.07, 6.45) is 1.98. The van der Waals surface area contributed by atoms with E-state index in [1.165, 1.54) is 0 Å². The predicted octanol–water partition coefficient (Wildman–Crippen LogP) is 2.84. The minimum Gasteiger partial charge on any atom is -0.382 e. The van der Waals surface area contributed by atoms with E-state index in [-0.39, 0.29) is 17.9 Å². The summed E-state index contributed by atoms with van der Waals surface area (Å²) in [5.74, 6) is -0.508. The Morgan fingerprint density at radius 3 is 2.52 bits per heavy atom. The van der Waals surface area contributed by atoms with Crippen LogP contribution in [0.3, 0.4) is 0 Å². The molecule has 2 aromatic carbocycles. The van der Waals surface area contributed by atoms with Crippen LogP contribution >= 0.6 is 11.6 Å². The number of rotatable bonds is 7. The Balaban J connectivity index is 1.39. The zero-order chi connectivity index (χ0) is 20.2. The molecule has 2 aliphatic rings. The fourth-order valence-electron chi connectivity index (χ4n) is 3.18. The molecule has 29 heavy (non-hydrogen) atoms. The lowest BCUT2D eigenvalue weighted by atomic mass is 10.0. The maximum atomic E-state index is 12.8. The lowest BCUT2D eigenvalue weighted by Gasteiger charge is -2.20. The number of nitrogens with zero attached hydrogens (tertiary/aromatic N) is 1. The second-order valence-electron chi connectivity index (χ2n) is 7.38. The zero-order valence-electron chi connectivity index (χ0n) is 15.8. The summed E-state index contributed by atoms with van der Waals surface area (Å²) in [6, 6.07) is 16.4. The molecule has 0 unspecified atom stereocenters. The summed E-state index contributed by atoms with van der Waals surface area (Å²) < 4.78 is 0. The van der Waals surface area contributed by atoms with Crippen LogP contribution in [0.4, 0.5) is 0 Å². The van der Waals surface area contributed by atoms with Gasteiger partial charge in [-0.3, -0.25) is 9.59 Å². The third-order valence-corrected chi connectivity index (χ3v) is 5.23. The van der Waals surface area contributed by atoms with E-state index in [0.29, 0.717) is 23.6 Å². The van der Waals surface area contributed by atoms with Gasteiger partial charge in [0.1, 0.15) is 6.04 Å². The van der Waals surface area contributed by atoms with Crippen LogP contribution in [0.15, 0.2) is 59.8 Å². The molecule has 0 spiro atoms. The minimum atomic E-state index is -0.757. The Kier molecular flexibility index (Phi) is 5.81. The van der Waals surface area contributed by atoms with Crippen molar-refractivity contribution in [3.05, 3.63) is 70.7 Å². The first-order valence-electron chi connectivity index (χ1n) is 9.72. The molecular formula is C22H22ClN3O3. The molecule has 7 heteroatoms. The molecule has 2 atom stereocenters. The number of hydrogen-bond donors (Lipinski definition) is 2. The monoisotopic (exact) mass is 411 g/mol. The largest absolute Gasteiger partial charge is 0.382 e. The molecule has 1 aliphatic heterocycles. The second kappa shape index (κ2) is 8.66. The zero-order valence-corrected chi connectivity index (χ0v) is 16.6. The van der Waals surface area contributed by atoms with Crippen molar-refractivity contribution in [1.82, 2.24) is 10.6 Å². The molecule has 0 bridgehead atoms. The van der Waals surface area contributed by atoms with Gasteiger partial charge in [-0.1, -0.05) is 59.2 Å². The van der Waals surface area contributed by atoms with Gasteiger partial charge in [-0.25, -0.2) is 0 Å².